The van der Waals surface area contributed by atoms with E-state index in [0.717, 1.165) is 12.1 Å². The molecule has 1 heterocycles. The fraction of sp³-hybridized carbons (Fsp3) is 0.250. The van der Waals surface area contributed by atoms with E-state index >= 15 is 0 Å². The fourth-order valence-corrected chi connectivity index (χ4v) is 1.73. The van der Waals surface area contributed by atoms with Crippen LogP contribution in [0.25, 0.3) is 0 Å². The summed E-state index contributed by atoms with van der Waals surface area (Å²) in [5.41, 5.74) is -0.851. The Balaban J connectivity index is 2.00. The second-order valence-corrected chi connectivity index (χ2v) is 4.74. The second kappa shape index (κ2) is 7.20. The molecular formula is C16H14F3NO4. The van der Waals surface area contributed by atoms with E-state index in [0.29, 0.717) is 17.7 Å². The first kappa shape index (κ1) is 17.6. The number of nitrogens with zero attached hydrogens (tertiary/aromatic N) is 1. The zero-order valence-corrected chi connectivity index (χ0v) is 12.8. The van der Waals surface area contributed by atoms with Gasteiger partial charge in [0.2, 0.25) is 5.88 Å². The van der Waals surface area contributed by atoms with Crippen LogP contribution in [0.3, 0.4) is 0 Å². The maximum absolute atomic E-state index is 12.4. The average Bonchev–Trinajstić information content (AvgIpc) is 2.55. The van der Waals surface area contributed by atoms with E-state index in [9.17, 15) is 18.0 Å². The topological polar surface area (TPSA) is 57.7 Å². The molecule has 0 unspecified atom stereocenters. The summed E-state index contributed by atoms with van der Waals surface area (Å²) in [6.07, 6.45) is -4.51. The van der Waals surface area contributed by atoms with Crippen molar-refractivity contribution in [1.82, 2.24) is 4.98 Å². The number of carbonyl (C=O) groups excluding carboxylic acids is 1. The molecule has 8 heteroatoms. The van der Waals surface area contributed by atoms with Crippen LogP contribution < -0.4 is 9.47 Å². The highest BCUT2D eigenvalue weighted by Crippen LogP contribution is 2.30. The van der Waals surface area contributed by atoms with Gasteiger partial charge in [-0.05, 0) is 37.3 Å². The Morgan fingerprint density at radius 3 is 2.21 bits per heavy atom. The molecule has 0 aliphatic heterocycles. The molecule has 1 aromatic carbocycles. The normalized spacial score (nSPS) is 12.4. The van der Waals surface area contributed by atoms with Crippen molar-refractivity contribution >= 4 is 5.97 Å². The molecule has 1 atom stereocenters. The summed E-state index contributed by atoms with van der Waals surface area (Å²) < 4.78 is 52.6. The molecule has 0 fully saturated rings. The highest BCUT2D eigenvalue weighted by Gasteiger charge is 2.30. The van der Waals surface area contributed by atoms with Crippen molar-refractivity contribution < 1.29 is 32.2 Å². The Kier molecular flexibility index (Phi) is 5.28. The lowest BCUT2D eigenvalue weighted by Crippen LogP contribution is -2.24. The summed E-state index contributed by atoms with van der Waals surface area (Å²) >= 11 is 0. The minimum absolute atomic E-state index is 0.0274. The van der Waals surface area contributed by atoms with Gasteiger partial charge in [-0.25, -0.2) is 9.78 Å². The number of esters is 1. The first-order valence-corrected chi connectivity index (χ1v) is 6.85. The van der Waals surface area contributed by atoms with Crippen molar-refractivity contribution in [1.29, 1.82) is 0 Å². The maximum Gasteiger partial charge on any atom is 0.417 e. The SMILES string of the molecule is COC(=O)[C@@H](C)Oc1ccc(Oc2ccc(C(F)(F)F)cn2)cc1. The molecule has 1 aromatic heterocycles. The number of pyridine rings is 1. The summed E-state index contributed by atoms with van der Waals surface area (Å²) in [6, 6.07) is 8.21. The molecule has 0 bridgehead atoms. The number of methoxy groups -OCH3 is 1. The Labute approximate surface area is 136 Å². The van der Waals surface area contributed by atoms with Gasteiger partial charge in [-0.15, -0.1) is 0 Å². The van der Waals surface area contributed by atoms with Crippen LogP contribution in [0.2, 0.25) is 0 Å². The van der Waals surface area contributed by atoms with Gasteiger partial charge in [-0.1, -0.05) is 0 Å². The van der Waals surface area contributed by atoms with E-state index in [4.69, 9.17) is 9.47 Å². The van der Waals surface area contributed by atoms with E-state index in [-0.39, 0.29) is 5.88 Å². The maximum atomic E-state index is 12.4. The van der Waals surface area contributed by atoms with Gasteiger partial charge in [0.25, 0.3) is 0 Å². The van der Waals surface area contributed by atoms with E-state index in [1.54, 1.807) is 31.2 Å². The number of carbonyl (C=O) groups is 1. The van der Waals surface area contributed by atoms with Crippen LogP contribution in [0, 0.1) is 0 Å². The molecule has 2 aromatic rings. The Bertz CT molecular complexity index is 684. The minimum Gasteiger partial charge on any atom is -0.479 e. The molecule has 0 aliphatic carbocycles. The summed E-state index contributed by atoms with van der Waals surface area (Å²) in [5.74, 6) is 0.296. The van der Waals surface area contributed by atoms with Gasteiger partial charge in [0.15, 0.2) is 6.10 Å². The van der Waals surface area contributed by atoms with Crippen molar-refractivity contribution in [2.24, 2.45) is 0 Å². The average molecular weight is 341 g/mol. The molecule has 0 radical (unpaired) electrons. The Hall–Kier alpha value is -2.77. The molecule has 0 saturated heterocycles. The highest BCUT2D eigenvalue weighted by atomic mass is 19.4. The van der Waals surface area contributed by atoms with Crippen LogP contribution in [0.15, 0.2) is 42.6 Å². The molecule has 2 rings (SSSR count). The van der Waals surface area contributed by atoms with Gasteiger partial charge in [-0.2, -0.15) is 13.2 Å². The third-order valence-electron chi connectivity index (χ3n) is 2.96. The second-order valence-electron chi connectivity index (χ2n) is 4.74. The van der Waals surface area contributed by atoms with Gasteiger partial charge in [-0.3, -0.25) is 0 Å². The lowest BCUT2D eigenvalue weighted by molar-refractivity contribution is -0.148. The monoisotopic (exact) mass is 341 g/mol. The number of hydrogen-bond donors (Lipinski definition) is 0. The Morgan fingerprint density at radius 1 is 1.08 bits per heavy atom. The number of halogens is 3. The third-order valence-corrected chi connectivity index (χ3v) is 2.96. The van der Waals surface area contributed by atoms with Crippen LogP contribution in [0.4, 0.5) is 13.2 Å². The summed E-state index contributed by atoms with van der Waals surface area (Å²) in [7, 11) is 1.26. The van der Waals surface area contributed by atoms with E-state index in [1.165, 1.54) is 7.11 Å². The van der Waals surface area contributed by atoms with Crippen molar-refractivity contribution in [2.75, 3.05) is 7.11 Å². The van der Waals surface area contributed by atoms with E-state index in [2.05, 4.69) is 9.72 Å². The third kappa shape index (κ3) is 4.61. The first-order chi connectivity index (χ1) is 11.3. The zero-order valence-electron chi connectivity index (χ0n) is 12.8. The molecular weight excluding hydrogens is 327 g/mol. The Morgan fingerprint density at radius 2 is 1.71 bits per heavy atom. The van der Waals surface area contributed by atoms with Gasteiger partial charge < -0.3 is 14.2 Å². The molecule has 128 valence electrons. The van der Waals surface area contributed by atoms with Crippen LogP contribution in [-0.2, 0) is 15.7 Å². The number of hydrogen-bond acceptors (Lipinski definition) is 5. The van der Waals surface area contributed by atoms with Gasteiger partial charge in [0.05, 0.1) is 12.7 Å². The number of ether oxygens (including phenoxy) is 3. The fourth-order valence-electron chi connectivity index (χ4n) is 1.73. The molecule has 0 aliphatic rings. The van der Waals surface area contributed by atoms with Gasteiger partial charge in [0, 0.05) is 12.3 Å². The van der Waals surface area contributed by atoms with Crippen molar-refractivity contribution in [3.05, 3.63) is 48.2 Å². The van der Waals surface area contributed by atoms with Crippen LogP contribution >= 0.6 is 0 Å². The van der Waals surface area contributed by atoms with Crippen molar-refractivity contribution in [3.8, 4) is 17.4 Å². The predicted molar refractivity (Wildman–Crippen MR) is 77.9 cm³/mol. The quantitative estimate of drug-likeness (QED) is 0.774. The number of benzene rings is 1. The van der Waals surface area contributed by atoms with Crippen LogP contribution in [-0.4, -0.2) is 24.2 Å². The summed E-state index contributed by atoms with van der Waals surface area (Å²) in [6.45, 7) is 1.54. The number of alkyl halides is 3. The lowest BCUT2D eigenvalue weighted by Gasteiger charge is -2.13. The molecule has 5 nitrogen and oxygen atoms in total. The summed E-state index contributed by atoms with van der Waals surface area (Å²) in [4.78, 5) is 14.9. The molecule has 24 heavy (non-hydrogen) atoms. The first-order valence-electron chi connectivity index (χ1n) is 6.85. The minimum atomic E-state index is -4.44. The standard InChI is InChI=1S/C16H14F3NO4/c1-10(15(21)22-2)23-12-4-6-13(7-5-12)24-14-8-3-11(9-20-14)16(17,18)19/h3-10H,1-2H3/t10-/m1/s1. The smallest absolute Gasteiger partial charge is 0.417 e. The number of aromatic nitrogens is 1. The van der Waals surface area contributed by atoms with Crippen LogP contribution in [0.5, 0.6) is 17.4 Å². The zero-order chi connectivity index (χ0) is 17.7. The molecule has 0 saturated carbocycles. The van der Waals surface area contributed by atoms with Crippen molar-refractivity contribution in [3.63, 3.8) is 0 Å². The predicted octanol–water partition coefficient (Wildman–Crippen LogP) is 3.83. The molecule has 0 amide bonds. The van der Waals surface area contributed by atoms with Gasteiger partial charge >= 0.3 is 12.1 Å². The molecule has 0 spiro atoms. The molecule has 0 N–H and O–H groups in total. The number of rotatable bonds is 5. The summed E-state index contributed by atoms with van der Waals surface area (Å²) in [5, 5.41) is 0. The van der Waals surface area contributed by atoms with E-state index < -0.39 is 23.8 Å². The van der Waals surface area contributed by atoms with E-state index in [1.807, 2.05) is 0 Å². The largest absolute Gasteiger partial charge is 0.479 e. The lowest BCUT2D eigenvalue weighted by atomic mass is 10.3. The van der Waals surface area contributed by atoms with Crippen LogP contribution in [0.1, 0.15) is 12.5 Å². The van der Waals surface area contributed by atoms with Gasteiger partial charge in [0.1, 0.15) is 11.5 Å². The van der Waals surface area contributed by atoms with Crippen molar-refractivity contribution in [2.45, 2.75) is 19.2 Å². The highest BCUT2D eigenvalue weighted by molar-refractivity contribution is 5.74.